The van der Waals surface area contributed by atoms with Gasteiger partial charge in [0, 0.05) is 0 Å². The molecule has 2 aromatic rings. The summed E-state index contributed by atoms with van der Waals surface area (Å²) in [5.74, 6) is -1.23. The molecule has 0 fully saturated rings. The van der Waals surface area contributed by atoms with Gasteiger partial charge in [-0.3, -0.25) is 4.79 Å². The second kappa shape index (κ2) is 4.33. The number of nitrogens with two attached hydrogens (primary N) is 1. The van der Waals surface area contributed by atoms with E-state index in [1.807, 2.05) is 32.0 Å². The fourth-order valence-electron chi connectivity index (χ4n) is 1.97. The van der Waals surface area contributed by atoms with E-state index in [2.05, 4.69) is 4.98 Å². The molecule has 3 N–H and O–H groups in total. The highest BCUT2D eigenvalue weighted by Gasteiger charge is 2.23. The van der Waals surface area contributed by atoms with Gasteiger partial charge >= 0.3 is 5.97 Å². The topological polar surface area (TPSA) is 76.2 Å². The summed E-state index contributed by atoms with van der Waals surface area (Å²) in [5, 5.41) is 9.75. The molecule has 1 unspecified atom stereocenters. The standard InChI is InChI=1S/C12H14N2O2S/c1-6(2)10(11(15)16)7-3-4-8-9(5-7)17-12(13)14-8/h3-6,10H,1-2H3,(H2,13,14)(H,15,16). The highest BCUT2D eigenvalue weighted by molar-refractivity contribution is 7.22. The maximum Gasteiger partial charge on any atom is 0.311 e. The highest BCUT2D eigenvalue weighted by Crippen LogP contribution is 2.30. The lowest BCUT2D eigenvalue weighted by Crippen LogP contribution is -2.17. The number of hydrogen-bond acceptors (Lipinski definition) is 4. The minimum atomic E-state index is -0.795. The van der Waals surface area contributed by atoms with E-state index < -0.39 is 11.9 Å². The first-order valence-corrected chi connectivity index (χ1v) is 6.19. The summed E-state index contributed by atoms with van der Waals surface area (Å²) in [6.07, 6.45) is 0. The molecular formula is C12H14N2O2S. The number of benzene rings is 1. The Morgan fingerprint density at radius 2 is 2.18 bits per heavy atom. The number of hydrogen-bond donors (Lipinski definition) is 2. The molecule has 17 heavy (non-hydrogen) atoms. The summed E-state index contributed by atoms with van der Waals surface area (Å²) in [4.78, 5) is 15.4. The quantitative estimate of drug-likeness (QED) is 0.878. The van der Waals surface area contributed by atoms with E-state index in [-0.39, 0.29) is 5.92 Å². The largest absolute Gasteiger partial charge is 0.481 e. The molecule has 4 nitrogen and oxygen atoms in total. The van der Waals surface area contributed by atoms with Crippen molar-refractivity contribution in [3.05, 3.63) is 23.8 Å². The summed E-state index contributed by atoms with van der Waals surface area (Å²) >= 11 is 1.38. The Kier molecular flexibility index (Phi) is 3.02. The predicted octanol–water partition coefficient (Wildman–Crippen LogP) is 2.70. The molecule has 0 radical (unpaired) electrons. The molecule has 0 spiro atoms. The molecule has 2 rings (SSSR count). The van der Waals surface area contributed by atoms with Crippen LogP contribution in [0.1, 0.15) is 25.3 Å². The maximum absolute atomic E-state index is 11.2. The van der Waals surface area contributed by atoms with Gasteiger partial charge in [-0.15, -0.1) is 0 Å². The zero-order valence-electron chi connectivity index (χ0n) is 9.68. The molecule has 90 valence electrons. The van der Waals surface area contributed by atoms with Gasteiger partial charge in [-0.25, -0.2) is 4.98 Å². The van der Waals surface area contributed by atoms with Crippen LogP contribution >= 0.6 is 11.3 Å². The number of carbonyl (C=O) groups is 1. The normalized spacial score (nSPS) is 13.1. The average Bonchev–Trinajstić information content (AvgIpc) is 2.56. The minimum Gasteiger partial charge on any atom is -0.481 e. The number of carboxylic acid groups (broad SMARTS) is 1. The third kappa shape index (κ3) is 2.24. The lowest BCUT2D eigenvalue weighted by atomic mass is 9.88. The van der Waals surface area contributed by atoms with E-state index in [0.717, 1.165) is 15.8 Å². The Morgan fingerprint density at radius 1 is 1.47 bits per heavy atom. The van der Waals surface area contributed by atoms with E-state index in [1.165, 1.54) is 11.3 Å². The minimum absolute atomic E-state index is 0.0511. The van der Waals surface area contributed by atoms with Crippen molar-refractivity contribution >= 4 is 32.7 Å². The summed E-state index contributed by atoms with van der Waals surface area (Å²) in [6.45, 7) is 3.81. The van der Waals surface area contributed by atoms with Crippen LogP contribution in [0.5, 0.6) is 0 Å². The van der Waals surface area contributed by atoms with E-state index in [0.29, 0.717) is 5.13 Å². The molecule has 1 heterocycles. The van der Waals surface area contributed by atoms with Crippen LogP contribution in [0.4, 0.5) is 5.13 Å². The molecule has 0 bridgehead atoms. The number of nitrogen functional groups attached to an aromatic ring is 1. The van der Waals surface area contributed by atoms with Gasteiger partial charge < -0.3 is 10.8 Å². The first-order chi connectivity index (χ1) is 7.99. The Labute approximate surface area is 103 Å². The molecular weight excluding hydrogens is 236 g/mol. The molecule has 0 aliphatic rings. The number of aliphatic carboxylic acids is 1. The van der Waals surface area contributed by atoms with E-state index in [4.69, 9.17) is 5.73 Å². The molecule has 1 atom stereocenters. The monoisotopic (exact) mass is 250 g/mol. The summed E-state index contributed by atoms with van der Waals surface area (Å²) in [6, 6.07) is 5.53. The van der Waals surface area contributed by atoms with Crippen LogP contribution in [0, 0.1) is 5.92 Å². The summed E-state index contributed by atoms with van der Waals surface area (Å²) in [5.41, 5.74) is 7.26. The van der Waals surface area contributed by atoms with Gasteiger partial charge in [0.2, 0.25) is 0 Å². The van der Waals surface area contributed by atoms with Crippen molar-refractivity contribution in [3.8, 4) is 0 Å². The van der Waals surface area contributed by atoms with E-state index in [1.54, 1.807) is 0 Å². The number of aromatic nitrogens is 1. The van der Waals surface area contributed by atoms with Crippen LogP contribution in [0.2, 0.25) is 0 Å². The number of fused-ring (bicyclic) bond motifs is 1. The molecule has 1 aromatic heterocycles. The predicted molar refractivity (Wildman–Crippen MR) is 69.2 cm³/mol. The maximum atomic E-state index is 11.2. The molecule has 0 saturated carbocycles. The molecule has 0 aliphatic heterocycles. The van der Waals surface area contributed by atoms with Gasteiger partial charge in [-0.05, 0) is 23.6 Å². The Morgan fingerprint density at radius 3 is 2.76 bits per heavy atom. The molecule has 0 saturated heterocycles. The zero-order chi connectivity index (χ0) is 12.6. The molecule has 0 aliphatic carbocycles. The number of nitrogens with zero attached hydrogens (tertiary/aromatic N) is 1. The third-order valence-corrected chi connectivity index (χ3v) is 3.57. The Balaban J connectivity index is 2.50. The van der Waals surface area contributed by atoms with Crippen molar-refractivity contribution in [2.75, 3.05) is 5.73 Å². The van der Waals surface area contributed by atoms with Crippen LogP contribution in [0.25, 0.3) is 10.2 Å². The van der Waals surface area contributed by atoms with Crippen molar-refractivity contribution in [1.29, 1.82) is 0 Å². The van der Waals surface area contributed by atoms with Crippen molar-refractivity contribution < 1.29 is 9.90 Å². The molecule has 1 aromatic carbocycles. The first kappa shape index (κ1) is 11.9. The SMILES string of the molecule is CC(C)C(C(=O)O)c1ccc2nc(N)sc2c1. The number of thiazole rings is 1. The summed E-state index contributed by atoms with van der Waals surface area (Å²) in [7, 11) is 0. The highest BCUT2D eigenvalue weighted by atomic mass is 32.1. The van der Waals surface area contributed by atoms with Gasteiger partial charge in [-0.1, -0.05) is 31.3 Å². The lowest BCUT2D eigenvalue weighted by molar-refractivity contribution is -0.139. The van der Waals surface area contributed by atoms with Gasteiger partial charge in [0.05, 0.1) is 16.1 Å². The van der Waals surface area contributed by atoms with Gasteiger partial charge in [-0.2, -0.15) is 0 Å². The Hall–Kier alpha value is -1.62. The van der Waals surface area contributed by atoms with Crippen molar-refractivity contribution in [1.82, 2.24) is 4.98 Å². The lowest BCUT2D eigenvalue weighted by Gasteiger charge is -2.16. The molecule has 0 amide bonds. The second-order valence-corrected chi connectivity index (χ2v) is 5.40. The van der Waals surface area contributed by atoms with Crippen LogP contribution in [-0.4, -0.2) is 16.1 Å². The van der Waals surface area contributed by atoms with Crippen molar-refractivity contribution in [2.45, 2.75) is 19.8 Å². The Bertz CT molecular complexity index is 563. The first-order valence-electron chi connectivity index (χ1n) is 5.38. The fraction of sp³-hybridized carbons (Fsp3) is 0.333. The van der Waals surface area contributed by atoms with E-state index in [9.17, 15) is 9.90 Å². The average molecular weight is 250 g/mol. The van der Waals surface area contributed by atoms with Crippen LogP contribution < -0.4 is 5.73 Å². The third-order valence-electron chi connectivity index (χ3n) is 2.72. The van der Waals surface area contributed by atoms with Crippen LogP contribution in [0.15, 0.2) is 18.2 Å². The molecule has 5 heteroatoms. The smallest absolute Gasteiger partial charge is 0.311 e. The van der Waals surface area contributed by atoms with Gasteiger partial charge in [0.25, 0.3) is 0 Å². The van der Waals surface area contributed by atoms with Crippen molar-refractivity contribution in [3.63, 3.8) is 0 Å². The fourth-order valence-corrected chi connectivity index (χ4v) is 2.75. The van der Waals surface area contributed by atoms with Crippen molar-refractivity contribution in [2.24, 2.45) is 5.92 Å². The van der Waals surface area contributed by atoms with Crippen LogP contribution in [0.3, 0.4) is 0 Å². The number of carboxylic acids is 1. The second-order valence-electron chi connectivity index (χ2n) is 4.34. The number of rotatable bonds is 3. The zero-order valence-corrected chi connectivity index (χ0v) is 10.5. The van der Waals surface area contributed by atoms with Gasteiger partial charge in [0.15, 0.2) is 5.13 Å². The number of anilines is 1. The summed E-state index contributed by atoms with van der Waals surface area (Å²) < 4.78 is 0.937. The van der Waals surface area contributed by atoms with Gasteiger partial charge in [0.1, 0.15) is 0 Å². The van der Waals surface area contributed by atoms with Crippen LogP contribution in [-0.2, 0) is 4.79 Å². The van der Waals surface area contributed by atoms with E-state index >= 15 is 0 Å².